The Kier molecular flexibility index (Phi) is 3.16. The molecule has 4 nitrogen and oxygen atoms in total. The molecular formula is C17H28N2O2. The standard InChI is InChI=1S/C17H28N2O2/c1-10-8-17(10,5)11-6-14(20)19(9-11)12-7-13(16(2,3)4)18-15(12)21/h10-13H,6-9H2,1-5H3,(H,18,21). The fraction of sp³-hybridized carbons (Fsp3) is 0.882. The van der Waals surface area contributed by atoms with Crippen LogP contribution in [0.25, 0.3) is 0 Å². The summed E-state index contributed by atoms with van der Waals surface area (Å²) in [6.45, 7) is 11.8. The van der Waals surface area contributed by atoms with Gasteiger partial charge in [-0.1, -0.05) is 34.6 Å². The van der Waals surface area contributed by atoms with E-state index in [-0.39, 0.29) is 29.3 Å². The molecular weight excluding hydrogens is 264 g/mol. The van der Waals surface area contributed by atoms with Gasteiger partial charge in [0.1, 0.15) is 6.04 Å². The quantitative estimate of drug-likeness (QED) is 0.848. The Bertz CT molecular complexity index is 482. The van der Waals surface area contributed by atoms with Crippen molar-refractivity contribution in [2.45, 2.75) is 66.0 Å². The van der Waals surface area contributed by atoms with Gasteiger partial charge >= 0.3 is 0 Å². The number of hydrogen-bond donors (Lipinski definition) is 1. The van der Waals surface area contributed by atoms with Gasteiger partial charge in [-0.15, -0.1) is 0 Å². The first kappa shape index (κ1) is 14.9. The van der Waals surface area contributed by atoms with Crippen molar-refractivity contribution in [1.29, 1.82) is 0 Å². The van der Waals surface area contributed by atoms with Gasteiger partial charge in [0.25, 0.3) is 0 Å². The van der Waals surface area contributed by atoms with Crippen LogP contribution >= 0.6 is 0 Å². The predicted octanol–water partition coefficient (Wildman–Crippen LogP) is 2.18. The largest absolute Gasteiger partial charge is 0.351 e. The minimum absolute atomic E-state index is 0.0397. The van der Waals surface area contributed by atoms with Gasteiger partial charge in [0, 0.05) is 19.0 Å². The second-order valence-corrected chi connectivity index (χ2v) is 8.74. The number of carbonyl (C=O) groups is 2. The Hall–Kier alpha value is -1.06. The van der Waals surface area contributed by atoms with E-state index in [1.807, 2.05) is 4.90 Å². The molecule has 2 amide bonds. The molecule has 0 aromatic rings. The van der Waals surface area contributed by atoms with Crippen LogP contribution in [0.4, 0.5) is 0 Å². The summed E-state index contributed by atoms with van der Waals surface area (Å²) in [7, 11) is 0. The second kappa shape index (κ2) is 4.47. The molecule has 0 radical (unpaired) electrons. The highest BCUT2D eigenvalue weighted by atomic mass is 16.2. The molecule has 21 heavy (non-hydrogen) atoms. The molecule has 1 N–H and O–H groups in total. The van der Waals surface area contributed by atoms with Crippen LogP contribution in [0.2, 0.25) is 0 Å². The van der Waals surface area contributed by atoms with E-state index < -0.39 is 0 Å². The zero-order chi connectivity index (χ0) is 15.6. The van der Waals surface area contributed by atoms with Crippen molar-refractivity contribution in [3.8, 4) is 0 Å². The second-order valence-electron chi connectivity index (χ2n) is 8.74. The van der Waals surface area contributed by atoms with Gasteiger partial charge in [-0.3, -0.25) is 9.59 Å². The van der Waals surface area contributed by atoms with Crippen LogP contribution in [0.15, 0.2) is 0 Å². The van der Waals surface area contributed by atoms with Crippen molar-refractivity contribution in [2.24, 2.45) is 22.7 Å². The molecule has 3 rings (SSSR count). The van der Waals surface area contributed by atoms with E-state index in [1.54, 1.807) is 0 Å². The zero-order valence-corrected chi connectivity index (χ0v) is 13.9. The van der Waals surface area contributed by atoms with Crippen LogP contribution in [0.5, 0.6) is 0 Å². The molecule has 2 heterocycles. The van der Waals surface area contributed by atoms with Crippen molar-refractivity contribution in [1.82, 2.24) is 10.2 Å². The zero-order valence-electron chi connectivity index (χ0n) is 13.9. The van der Waals surface area contributed by atoms with Crippen LogP contribution in [0.1, 0.15) is 53.9 Å². The van der Waals surface area contributed by atoms with E-state index in [0.717, 1.165) is 18.9 Å². The highest BCUT2D eigenvalue weighted by molar-refractivity contribution is 5.90. The van der Waals surface area contributed by atoms with Crippen LogP contribution in [-0.4, -0.2) is 35.3 Å². The lowest BCUT2D eigenvalue weighted by Crippen LogP contribution is -2.42. The van der Waals surface area contributed by atoms with Crippen molar-refractivity contribution in [3.05, 3.63) is 0 Å². The summed E-state index contributed by atoms with van der Waals surface area (Å²) in [6, 6.07) is -0.0818. The molecule has 0 aromatic carbocycles. The Morgan fingerprint density at radius 1 is 1.29 bits per heavy atom. The van der Waals surface area contributed by atoms with Gasteiger partial charge in [-0.2, -0.15) is 0 Å². The fourth-order valence-corrected chi connectivity index (χ4v) is 4.14. The maximum Gasteiger partial charge on any atom is 0.243 e. The van der Waals surface area contributed by atoms with Crippen molar-refractivity contribution in [3.63, 3.8) is 0 Å². The molecule has 1 saturated carbocycles. The third-order valence-electron chi connectivity index (χ3n) is 6.30. The Morgan fingerprint density at radius 3 is 2.38 bits per heavy atom. The lowest BCUT2D eigenvalue weighted by Gasteiger charge is -2.27. The number of likely N-dealkylation sites (tertiary alicyclic amines) is 1. The monoisotopic (exact) mass is 292 g/mol. The number of rotatable bonds is 2. The molecule has 5 atom stereocenters. The van der Waals surface area contributed by atoms with Crippen LogP contribution < -0.4 is 5.32 Å². The van der Waals surface area contributed by atoms with Gasteiger partial charge < -0.3 is 10.2 Å². The molecule has 0 aromatic heterocycles. The van der Waals surface area contributed by atoms with E-state index in [1.165, 1.54) is 6.42 Å². The average molecular weight is 292 g/mol. The van der Waals surface area contributed by atoms with E-state index in [9.17, 15) is 9.59 Å². The molecule has 0 bridgehead atoms. The lowest BCUT2D eigenvalue weighted by atomic mass is 9.85. The maximum atomic E-state index is 12.4. The van der Waals surface area contributed by atoms with Crippen LogP contribution in [0.3, 0.4) is 0 Å². The fourth-order valence-electron chi connectivity index (χ4n) is 4.14. The molecule has 3 aliphatic rings. The minimum Gasteiger partial charge on any atom is -0.351 e. The summed E-state index contributed by atoms with van der Waals surface area (Å²) in [5, 5.41) is 3.09. The molecule has 1 aliphatic carbocycles. The van der Waals surface area contributed by atoms with Gasteiger partial charge in [0.2, 0.25) is 11.8 Å². The normalized spacial score (nSPS) is 43.4. The molecule has 4 heteroatoms. The Morgan fingerprint density at radius 2 is 1.90 bits per heavy atom. The highest BCUT2D eigenvalue weighted by Crippen LogP contribution is 2.59. The number of nitrogens with one attached hydrogen (secondary N) is 1. The molecule has 2 aliphatic heterocycles. The SMILES string of the molecule is CC1CC1(C)C1CC(=O)N(C2CC(C(C)(C)C)NC2=O)C1. The van der Waals surface area contributed by atoms with Gasteiger partial charge in [0.05, 0.1) is 0 Å². The van der Waals surface area contributed by atoms with Crippen LogP contribution in [0, 0.1) is 22.7 Å². The van der Waals surface area contributed by atoms with Gasteiger partial charge in [0.15, 0.2) is 0 Å². The average Bonchev–Trinajstić information content (AvgIpc) is 2.75. The molecule has 0 spiro atoms. The van der Waals surface area contributed by atoms with E-state index in [4.69, 9.17) is 0 Å². The number of nitrogens with zero attached hydrogens (tertiary/aromatic N) is 1. The predicted molar refractivity (Wildman–Crippen MR) is 81.5 cm³/mol. The summed E-state index contributed by atoms with van der Waals surface area (Å²) >= 11 is 0. The molecule has 2 saturated heterocycles. The van der Waals surface area contributed by atoms with E-state index in [2.05, 4.69) is 39.9 Å². The summed E-state index contributed by atoms with van der Waals surface area (Å²) < 4.78 is 0. The third-order valence-corrected chi connectivity index (χ3v) is 6.30. The lowest BCUT2D eigenvalue weighted by molar-refractivity contribution is -0.135. The number of carbonyl (C=O) groups excluding carboxylic acids is 2. The maximum absolute atomic E-state index is 12.4. The number of hydrogen-bond acceptors (Lipinski definition) is 2. The summed E-state index contributed by atoms with van der Waals surface area (Å²) in [4.78, 5) is 26.6. The highest BCUT2D eigenvalue weighted by Gasteiger charge is 2.56. The summed E-state index contributed by atoms with van der Waals surface area (Å²) in [5.74, 6) is 1.37. The Balaban J connectivity index is 1.70. The van der Waals surface area contributed by atoms with Crippen molar-refractivity contribution in [2.75, 3.05) is 6.54 Å². The first-order chi connectivity index (χ1) is 9.63. The molecule has 118 valence electrons. The first-order valence-corrected chi connectivity index (χ1v) is 8.23. The van der Waals surface area contributed by atoms with Gasteiger partial charge in [-0.05, 0) is 35.5 Å². The molecule has 5 unspecified atom stereocenters. The van der Waals surface area contributed by atoms with Gasteiger partial charge in [-0.25, -0.2) is 0 Å². The smallest absolute Gasteiger partial charge is 0.243 e. The van der Waals surface area contributed by atoms with Crippen LogP contribution in [-0.2, 0) is 9.59 Å². The summed E-state index contributed by atoms with van der Waals surface area (Å²) in [5.41, 5.74) is 0.368. The third kappa shape index (κ3) is 2.36. The Labute approximate surface area is 127 Å². The first-order valence-electron chi connectivity index (χ1n) is 8.23. The topological polar surface area (TPSA) is 49.4 Å². The van der Waals surface area contributed by atoms with E-state index >= 15 is 0 Å². The summed E-state index contributed by atoms with van der Waals surface area (Å²) in [6.07, 6.45) is 2.61. The molecule has 3 fully saturated rings. The van der Waals surface area contributed by atoms with Crippen molar-refractivity contribution < 1.29 is 9.59 Å². The number of amides is 2. The van der Waals surface area contributed by atoms with Crippen molar-refractivity contribution >= 4 is 11.8 Å². The minimum atomic E-state index is -0.246. The van der Waals surface area contributed by atoms with E-state index in [0.29, 0.717) is 17.8 Å².